The second kappa shape index (κ2) is 5.00. The van der Waals surface area contributed by atoms with E-state index in [4.69, 9.17) is 5.73 Å². The fourth-order valence-electron chi connectivity index (χ4n) is 1.26. The van der Waals surface area contributed by atoms with Crippen molar-refractivity contribution in [1.82, 2.24) is 24.7 Å². The summed E-state index contributed by atoms with van der Waals surface area (Å²) in [6, 6.07) is 1.68. The van der Waals surface area contributed by atoms with Gasteiger partial charge >= 0.3 is 0 Å². The second-order valence-electron chi connectivity index (χ2n) is 3.35. The lowest BCUT2D eigenvalue weighted by Gasteiger charge is -2.05. The average molecular weight is 251 g/mol. The summed E-state index contributed by atoms with van der Waals surface area (Å²) in [7, 11) is 1.82. The molecule has 0 atom stereocenters. The smallest absolute Gasteiger partial charge is 0.191 e. The van der Waals surface area contributed by atoms with E-state index in [1.54, 1.807) is 17.1 Å². The molecule has 0 radical (unpaired) electrons. The molecule has 0 spiro atoms. The van der Waals surface area contributed by atoms with Gasteiger partial charge in [0.25, 0.3) is 0 Å². The summed E-state index contributed by atoms with van der Waals surface area (Å²) in [5.74, 6) is 1.82. The van der Waals surface area contributed by atoms with Gasteiger partial charge in [-0.25, -0.2) is 15.0 Å². The highest BCUT2D eigenvalue weighted by molar-refractivity contribution is 7.98. The summed E-state index contributed by atoms with van der Waals surface area (Å²) >= 11 is 1.45. The van der Waals surface area contributed by atoms with Gasteiger partial charge in [-0.1, -0.05) is 11.8 Å². The number of nitrogen functional groups attached to an aromatic ring is 1. The van der Waals surface area contributed by atoms with Gasteiger partial charge in [-0.15, -0.1) is 0 Å². The van der Waals surface area contributed by atoms with Crippen molar-refractivity contribution < 1.29 is 0 Å². The lowest BCUT2D eigenvalue weighted by Crippen LogP contribution is -2.06. The Morgan fingerprint density at radius 1 is 1.47 bits per heavy atom. The quantitative estimate of drug-likeness (QED) is 0.604. The number of nitrogens with two attached hydrogens (primary N) is 1. The largest absolute Gasteiger partial charge is 0.383 e. The molecule has 0 aliphatic carbocycles. The highest BCUT2D eigenvalue weighted by Gasteiger charge is 2.03. The first-order chi connectivity index (χ1) is 8.17. The SMILES string of the molecule is CSc1nc(N)cc(NCc2ncn(C)n2)n1. The van der Waals surface area contributed by atoms with Crippen LogP contribution in [-0.4, -0.2) is 31.0 Å². The lowest BCUT2D eigenvalue weighted by atomic mass is 10.5. The maximum absolute atomic E-state index is 5.67. The van der Waals surface area contributed by atoms with Gasteiger partial charge in [-0.3, -0.25) is 4.68 Å². The molecule has 0 saturated heterocycles. The van der Waals surface area contributed by atoms with Crippen LogP contribution in [0, 0.1) is 0 Å². The molecule has 2 rings (SSSR count). The molecule has 7 nitrogen and oxygen atoms in total. The van der Waals surface area contributed by atoms with Gasteiger partial charge in [0.1, 0.15) is 18.0 Å². The average Bonchev–Trinajstić information content (AvgIpc) is 2.72. The van der Waals surface area contributed by atoms with E-state index in [-0.39, 0.29) is 0 Å². The fourth-order valence-corrected chi connectivity index (χ4v) is 1.65. The third-order valence-electron chi connectivity index (χ3n) is 1.98. The number of rotatable bonds is 4. The van der Waals surface area contributed by atoms with Gasteiger partial charge in [-0.2, -0.15) is 5.10 Å². The molecular weight excluding hydrogens is 238 g/mol. The number of thioether (sulfide) groups is 1. The van der Waals surface area contributed by atoms with Crippen LogP contribution in [0.4, 0.5) is 11.6 Å². The van der Waals surface area contributed by atoms with Crippen LogP contribution >= 0.6 is 11.8 Å². The number of hydrogen-bond acceptors (Lipinski definition) is 7. The molecule has 8 heteroatoms. The predicted molar refractivity (Wildman–Crippen MR) is 66.6 cm³/mol. The molecule has 0 aromatic carbocycles. The Kier molecular flexibility index (Phi) is 3.43. The van der Waals surface area contributed by atoms with E-state index >= 15 is 0 Å². The summed E-state index contributed by atoms with van der Waals surface area (Å²) in [5, 5.41) is 7.90. The number of nitrogens with zero attached hydrogens (tertiary/aromatic N) is 5. The van der Waals surface area contributed by atoms with E-state index in [9.17, 15) is 0 Å². The monoisotopic (exact) mass is 251 g/mol. The van der Waals surface area contributed by atoms with Crippen molar-refractivity contribution in [1.29, 1.82) is 0 Å². The Bertz CT molecular complexity index is 510. The van der Waals surface area contributed by atoms with E-state index in [0.29, 0.717) is 29.2 Å². The molecule has 2 heterocycles. The van der Waals surface area contributed by atoms with Crippen LogP contribution in [0.15, 0.2) is 17.6 Å². The van der Waals surface area contributed by atoms with Crippen LogP contribution in [0.1, 0.15) is 5.82 Å². The Morgan fingerprint density at radius 2 is 2.29 bits per heavy atom. The van der Waals surface area contributed by atoms with Crippen molar-refractivity contribution in [2.24, 2.45) is 7.05 Å². The zero-order valence-corrected chi connectivity index (χ0v) is 10.4. The van der Waals surface area contributed by atoms with Crippen LogP contribution in [0.25, 0.3) is 0 Å². The van der Waals surface area contributed by atoms with Crippen LogP contribution < -0.4 is 11.1 Å². The molecule has 2 aromatic heterocycles. The van der Waals surface area contributed by atoms with Crippen LogP contribution in [0.2, 0.25) is 0 Å². The van der Waals surface area contributed by atoms with Gasteiger partial charge in [0.15, 0.2) is 11.0 Å². The minimum absolute atomic E-state index is 0.445. The summed E-state index contributed by atoms with van der Waals surface area (Å²) in [6.07, 6.45) is 3.55. The van der Waals surface area contributed by atoms with Gasteiger partial charge in [0.05, 0.1) is 6.54 Å². The molecule has 2 aromatic rings. The van der Waals surface area contributed by atoms with Crippen molar-refractivity contribution in [2.45, 2.75) is 11.7 Å². The van der Waals surface area contributed by atoms with Crippen LogP contribution in [0.5, 0.6) is 0 Å². The predicted octanol–water partition coefficient (Wildman–Crippen LogP) is 0.521. The highest BCUT2D eigenvalue weighted by atomic mass is 32.2. The van der Waals surface area contributed by atoms with E-state index in [1.165, 1.54) is 11.8 Å². The van der Waals surface area contributed by atoms with Crippen molar-refractivity contribution in [3.8, 4) is 0 Å². The number of nitrogens with one attached hydrogen (secondary N) is 1. The third-order valence-corrected chi connectivity index (χ3v) is 2.53. The molecular formula is C9H13N7S. The Labute approximate surface area is 103 Å². The summed E-state index contributed by atoms with van der Waals surface area (Å²) in [6.45, 7) is 0.505. The third kappa shape index (κ3) is 3.06. The maximum atomic E-state index is 5.67. The molecule has 0 amide bonds. The van der Waals surface area contributed by atoms with Crippen molar-refractivity contribution in [2.75, 3.05) is 17.3 Å². The zero-order chi connectivity index (χ0) is 12.3. The number of aryl methyl sites for hydroxylation is 1. The molecule has 0 aliphatic rings. The van der Waals surface area contributed by atoms with Gasteiger partial charge in [-0.05, 0) is 6.26 Å². The molecule has 90 valence electrons. The van der Waals surface area contributed by atoms with E-state index in [0.717, 1.165) is 0 Å². The van der Waals surface area contributed by atoms with Crippen molar-refractivity contribution >= 4 is 23.4 Å². The second-order valence-corrected chi connectivity index (χ2v) is 4.13. The van der Waals surface area contributed by atoms with E-state index in [1.807, 2.05) is 13.3 Å². The first-order valence-corrected chi connectivity index (χ1v) is 6.17. The number of anilines is 2. The normalized spacial score (nSPS) is 10.5. The molecule has 17 heavy (non-hydrogen) atoms. The minimum Gasteiger partial charge on any atom is -0.383 e. The topological polar surface area (TPSA) is 94.5 Å². The molecule has 0 unspecified atom stereocenters. The van der Waals surface area contributed by atoms with Crippen LogP contribution in [0.3, 0.4) is 0 Å². The molecule has 0 aliphatic heterocycles. The summed E-state index contributed by atoms with van der Waals surface area (Å²) in [4.78, 5) is 12.4. The molecule has 0 saturated carbocycles. The van der Waals surface area contributed by atoms with Crippen molar-refractivity contribution in [3.63, 3.8) is 0 Å². The molecule has 0 fully saturated rings. The Balaban J connectivity index is 2.05. The zero-order valence-electron chi connectivity index (χ0n) is 9.58. The minimum atomic E-state index is 0.445. The van der Waals surface area contributed by atoms with Gasteiger partial charge in [0, 0.05) is 13.1 Å². The number of aromatic nitrogens is 5. The number of hydrogen-bond donors (Lipinski definition) is 2. The summed E-state index contributed by atoms with van der Waals surface area (Å²) < 4.78 is 1.65. The van der Waals surface area contributed by atoms with E-state index < -0.39 is 0 Å². The first-order valence-electron chi connectivity index (χ1n) is 4.94. The molecule has 3 N–H and O–H groups in total. The Morgan fingerprint density at radius 3 is 2.94 bits per heavy atom. The highest BCUT2D eigenvalue weighted by Crippen LogP contribution is 2.15. The van der Waals surface area contributed by atoms with Gasteiger partial charge < -0.3 is 11.1 Å². The van der Waals surface area contributed by atoms with E-state index in [2.05, 4.69) is 25.4 Å². The van der Waals surface area contributed by atoms with Gasteiger partial charge in [0.2, 0.25) is 0 Å². The first kappa shape index (κ1) is 11.6. The van der Waals surface area contributed by atoms with Crippen LogP contribution in [-0.2, 0) is 13.6 Å². The maximum Gasteiger partial charge on any atom is 0.191 e. The lowest BCUT2D eigenvalue weighted by molar-refractivity contribution is 0.746. The fraction of sp³-hybridized carbons (Fsp3) is 0.333. The summed E-state index contributed by atoms with van der Waals surface area (Å²) in [5.41, 5.74) is 5.67. The standard InChI is InChI=1S/C9H13N7S/c1-16-5-12-8(15-16)4-11-7-3-6(10)13-9(14-7)17-2/h3,5H,4H2,1-2H3,(H3,10,11,13,14). The molecule has 0 bridgehead atoms. The van der Waals surface area contributed by atoms with Crippen molar-refractivity contribution in [3.05, 3.63) is 18.2 Å². The Hall–Kier alpha value is -1.83.